The van der Waals surface area contributed by atoms with Gasteiger partial charge in [-0.05, 0) is 48.7 Å². The maximum absolute atomic E-state index is 12.0. The van der Waals surface area contributed by atoms with E-state index in [1.54, 1.807) is 18.3 Å². The Kier molecular flexibility index (Phi) is 5.49. The van der Waals surface area contributed by atoms with E-state index in [0.717, 1.165) is 23.1 Å². The first-order valence-corrected chi connectivity index (χ1v) is 8.59. The molecule has 2 aromatic heterocycles. The molecule has 0 fully saturated rings. The highest BCUT2D eigenvalue weighted by molar-refractivity contribution is 6.31. The van der Waals surface area contributed by atoms with Crippen LogP contribution in [0.15, 0.2) is 58.2 Å². The molecule has 26 heavy (non-hydrogen) atoms. The van der Waals surface area contributed by atoms with Crippen LogP contribution in [0.2, 0.25) is 5.02 Å². The van der Waals surface area contributed by atoms with Crippen molar-refractivity contribution in [1.29, 1.82) is 0 Å². The lowest BCUT2D eigenvalue weighted by molar-refractivity contribution is 0.0950. The molecule has 1 amide bonds. The third-order valence-corrected chi connectivity index (χ3v) is 4.31. The quantitative estimate of drug-likeness (QED) is 0.528. The molecule has 0 saturated heterocycles. The molecule has 132 valence electrons. The molecule has 0 saturated carbocycles. The van der Waals surface area contributed by atoms with E-state index in [0.29, 0.717) is 22.2 Å². The predicted octanol–water partition coefficient (Wildman–Crippen LogP) is 4.63. The number of rotatable bonds is 5. The van der Waals surface area contributed by atoms with Crippen molar-refractivity contribution in [3.63, 3.8) is 0 Å². The van der Waals surface area contributed by atoms with Gasteiger partial charge in [0.1, 0.15) is 17.2 Å². The summed E-state index contributed by atoms with van der Waals surface area (Å²) in [6.07, 6.45) is 4.00. The minimum Gasteiger partial charge on any atom is -0.455 e. The number of pyridine rings is 1. The maximum Gasteiger partial charge on any atom is 0.289 e. The van der Waals surface area contributed by atoms with Gasteiger partial charge < -0.3 is 4.42 Å². The van der Waals surface area contributed by atoms with Gasteiger partial charge in [-0.2, -0.15) is 5.10 Å². The second kappa shape index (κ2) is 7.97. The average Bonchev–Trinajstić information content (AvgIpc) is 3.13. The van der Waals surface area contributed by atoms with E-state index >= 15 is 0 Å². The smallest absolute Gasteiger partial charge is 0.289 e. The van der Waals surface area contributed by atoms with Crippen LogP contribution in [0.1, 0.15) is 34.3 Å². The second-order valence-corrected chi connectivity index (χ2v) is 6.18. The van der Waals surface area contributed by atoms with Gasteiger partial charge in [-0.15, -0.1) is 0 Å². The summed E-state index contributed by atoms with van der Waals surface area (Å²) in [6.45, 7) is 3.98. The lowest BCUT2D eigenvalue weighted by atomic mass is 10.1. The van der Waals surface area contributed by atoms with Crippen LogP contribution in [0.5, 0.6) is 0 Å². The van der Waals surface area contributed by atoms with Gasteiger partial charge in [0.2, 0.25) is 0 Å². The van der Waals surface area contributed by atoms with Crippen molar-refractivity contribution in [3.05, 3.63) is 76.3 Å². The largest absolute Gasteiger partial charge is 0.455 e. The van der Waals surface area contributed by atoms with Crippen molar-refractivity contribution in [1.82, 2.24) is 10.4 Å². The molecule has 6 heteroatoms. The highest BCUT2D eigenvalue weighted by Gasteiger charge is 2.07. The van der Waals surface area contributed by atoms with Crippen molar-refractivity contribution in [2.24, 2.45) is 5.10 Å². The molecule has 5 nitrogen and oxygen atoms in total. The van der Waals surface area contributed by atoms with E-state index in [1.165, 1.54) is 6.21 Å². The standard InChI is InChI=1S/C20H18ClN3O2/c1-3-14-5-8-18(22-11-14)20(25)24-23-12-16-7-9-19(26-16)15-6-4-13(2)17(21)10-15/h4-12H,3H2,1-2H3,(H,24,25)/b23-12-. The summed E-state index contributed by atoms with van der Waals surface area (Å²) in [5, 5.41) is 4.60. The maximum atomic E-state index is 12.0. The Balaban J connectivity index is 1.64. The third kappa shape index (κ3) is 4.18. The highest BCUT2D eigenvalue weighted by Crippen LogP contribution is 2.26. The Bertz CT molecular complexity index is 946. The minimum absolute atomic E-state index is 0.314. The molecule has 0 spiro atoms. The number of nitrogens with one attached hydrogen (secondary N) is 1. The van der Waals surface area contributed by atoms with Crippen LogP contribution in [0.25, 0.3) is 11.3 Å². The van der Waals surface area contributed by atoms with Gasteiger partial charge in [-0.25, -0.2) is 5.43 Å². The normalized spacial score (nSPS) is 11.0. The van der Waals surface area contributed by atoms with Crippen molar-refractivity contribution >= 4 is 23.7 Å². The first-order chi connectivity index (χ1) is 12.6. The van der Waals surface area contributed by atoms with Crippen LogP contribution >= 0.6 is 11.6 Å². The number of carbonyl (C=O) groups is 1. The van der Waals surface area contributed by atoms with E-state index < -0.39 is 0 Å². The van der Waals surface area contributed by atoms with Crippen LogP contribution in [0, 0.1) is 6.92 Å². The van der Waals surface area contributed by atoms with Crippen molar-refractivity contribution in [3.8, 4) is 11.3 Å². The second-order valence-electron chi connectivity index (χ2n) is 5.77. The lowest BCUT2D eigenvalue weighted by Gasteiger charge is -2.01. The van der Waals surface area contributed by atoms with E-state index in [1.807, 2.05) is 44.2 Å². The number of aromatic nitrogens is 1. The summed E-state index contributed by atoms with van der Waals surface area (Å²) in [4.78, 5) is 16.1. The fourth-order valence-electron chi connectivity index (χ4n) is 2.30. The topological polar surface area (TPSA) is 67.5 Å². The molecular formula is C20H18ClN3O2. The molecule has 0 aliphatic rings. The lowest BCUT2D eigenvalue weighted by Crippen LogP contribution is -2.18. The first-order valence-electron chi connectivity index (χ1n) is 8.21. The van der Waals surface area contributed by atoms with Crippen molar-refractivity contribution in [2.45, 2.75) is 20.3 Å². The predicted molar refractivity (Wildman–Crippen MR) is 103 cm³/mol. The molecule has 1 N–H and O–H groups in total. The molecule has 0 aliphatic carbocycles. The van der Waals surface area contributed by atoms with Gasteiger partial charge in [0.15, 0.2) is 0 Å². The summed E-state index contributed by atoms with van der Waals surface area (Å²) < 4.78 is 5.71. The summed E-state index contributed by atoms with van der Waals surface area (Å²) >= 11 is 6.14. The number of hydrazone groups is 1. The zero-order valence-electron chi connectivity index (χ0n) is 14.5. The Morgan fingerprint density at radius 1 is 1.27 bits per heavy atom. The van der Waals surface area contributed by atoms with Crippen LogP contribution in [0.4, 0.5) is 0 Å². The fourth-order valence-corrected chi connectivity index (χ4v) is 2.48. The number of hydrogen-bond donors (Lipinski definition) is 1. The number of carbonyl (C=O) groups excluding carboxylic acids is 1. The Hall–Kier alpha value is -2.92. The fraction of sp³-hybridized carbons (Fsp3) is 0.150. The van der Waals surface area contributed by atoms with Crippen LogP contribution in [-0.2, 0) is 6.42 Å². The van der Waals surface area contributed by atoms with E-state index in [-0.39, 0.29) is 5.91 Å². The summed E-state index contributed by atoms with van der Waals surface area (Å²) in [7, 11) is 0. The summed E-state index contributed by atoms with van der Waals surface area (Å²) in [6, 6.07) is 12.9. The number of hydrogen-bond acceptors (Lipinski definition) is 4. The number of furan rings is 1. The number of benzene rings is 1. The molecule has 0 bridgehead atoms. The van der Waals surface area contributed by atoms with Crippen LogP contribution < -0.4 is 5.43 Å². The molecule has 2 heterocycles. The van der Waals surface area contributed by atoms with E-state index in [9.17, 15) is 4.79 Å². The van der Waals surface area contributed by atoms with E-state index in [4.69, 9.17) is 16.0 Å². The zero-order valence-corrected chi connectivity index (χ0v) is 15.2. The summed E-state index contributed by atoms with van der Waals surface area (Å²) in [5.41, 5.74) is 5.71. The Labute approximate surface area is 156 Å². The monoisotopic (exact) mass is 367 g/mol. The first kappa shape index (κ1) is 17.9. The average molecular weight is 368 g/mol. The summed E-state index contributed by atoms with van der Waals surface area (Å²) in [5.74, 6) is 0.823. The zero-order chi connectivity index (χ0) is 18.5. The van der Waals surface area contributed by atoms with Crippen LogP contribution in [0.3, 0.4) is 0 Å². The van der Waals surface area contributed by atoms with Gasteiger partial charge in [-0.1, -0.05) is 36.7 Å². The van der Waals surface area contributed by atoms with Gasteiger partial charge >= 0.3 is 0 Å². The van der Waals surface area contributed by atoms with Crippen molar-refractivity contribution in [2.75, 3.05) is 0 Å². The molecule has 1 aromatic carbocycles. The molecule has 0 unspecified atom stereocenters. The van der Waals surface area contributed by atoms with Gasteiger partial charge in [0.05, 0.1) is 6.21 Å². The molecule has 0 aliphatic heterocycles. The number of aryl methyl sites for hydroxylation is 2. The van der Waals surface area contributed by atoms with Crippen LogP contribution in [-0.4, -0.2) is 17.1 Å². The number of halogens is 1. The number of nitrogens with zero attached hydrogens (tertiary/aromatic N) is 2. The number of amides is 1. The van der Waals surface area contributed by atoms with Crippen molar-refractivity contribution < 1.29 is 9.21 Å². The van der Waals surface area contributed by atoms with Gasteiger partial charge in [0.25, 0.3) is 5.91 Å². The SMILES string of the molecule is CCc1ccc(C(=O)N/N=C\c2ccc(-c3ccc(C)c(Cl)c3)o2)nc1. The minimum atomic E-state index is -0.374. The molecule has 0 atom stereocenters. The van der Waals surface area contributed by atoms with Gasteiger partial charge in [0, 0.05) is 16.8 Å². The highest BCUT2D eigenvalue weighted by atomic mass is 35.5. The molecule has 3 rings (SSSR count). The Morgan fingerprint density at radius 2 is 2.12 bits per heavy atom. The molecule has 0 radical (unpaired) electrons. The molecular weight excluding hydrogens is 350 g/mol. The molecule has 3 aromatic rings. The van der Waals surface area contributed by atoms with E-state index in [2.05, 4.69) is 15.5 Å². The van der Waals surface area contributed by atoms with Gasteiger partial charge in [-0.3, -0.25) is 9.78 Å². The Morgan fingerprint density at radius 3 is 2.81 bits per heavy atom. The third-order valence-electron chi connectivity index (χ3n) is 3.91.